The van der Waals surface area contributed by atoms with Gasteiger partial charge in [-0.15, -0.1) is 11.3 Å². The van der Waals surface area contributed by atoms with Gasteiger partial charge in [0, 0.05) is 16.3 Å². The second kappa shape index (κ2) is 2.72. The second-order valence-electron chi connectivity index (χ2n) is 3.55. The van der Waals surface area contributed by atoms with Gasteiger partial charge in [0.25, 0.3) is 0 Å². The van der Waals surface area contributed by atoms with Gasteiger partial charge in [-0.3, -0.25) is 0 Å². The molecule has 1 N–H and O–H groups in total. The molecule has 3 rings (SSSR count). The summed E-state index contributed by atoms with van der Waals surface area (Å²) in [4.78, 5) is 4.44. The first-order chi connectivity index (χ1) is 6.34. The van der Waals surface area contributed by atoms with E-state index >= 15 is 0 Å². The highest BCUT2D eigenvalue weighted by Crippen LogP contribution is 2.38. The molecule has 1 aliphatic heterocycles. The molecule has 1 aromatic rings. The summed E-state index contributed by atoms with van der Waals surface area (Å²) in [7, 11) is 0. The lowest BCUT2D eigenvalue weighted by atomic mass is 10.2. The van der Waals surface area contributed by atoms with Crippen LogP contribution in [0.2, 0.25) is 0 Å². The molecule has 13 heavy (non-hydrogen) atoms. The molecule has 2 heterocycles. The van der Waals surface area contributed by atoms with Gasteiger partial charge in [0.15, 0.2) is 0 Å². The number of rotatable bonds is 1. The highest BCUT2D eigenvalue weighted by Gasteiger charge is 2.34. The molecule has 0 amide bonds. The van der Waals surface area contributed by atoms with Crippen LogP contribution in [0.3, 0.4) is 0 Å². The van der Waals surface area contributed by atoms with E-state index in [1.807, 2.05) is 5.38 Å². The first-order valence-electron chi connectivity index (χ1n) is 4.41. The van der Waals surface area contributed by atoms with Crippen molar-refractivity contribution in [3.63, 3.8) is 0 Å². The van der Waals surface area contributed by atoms with E-state index in [-0.39, 0.29) is 6.17 Å². The average Bonchev–Trinajstić information content (AvgIpc) is 2.85. The maximum atomic E-state index is 6.07. The molecular formula is C9H9ClN2S. The molecule has 0 bridgehead atoms. The molecule has 1 saturated carbocycles. The van der Waals surface area contributed by atoms with E-state index in [0.717, 1.165) is 11.3 Å². The first kappa shape index (κ1) is 7.83. The van der Waals surface area contributed by atoms with Gasteiger partial charge >= 0.3 is 0 Å². The molecule has 4 heteroatoms. The Kier molecular flexibility index (Phi) is 1.64. The van der Waals surface area contributed by atoms with E-state index in [2.05, 4.69) is 15.7 Å². The van der Waals surface area contributed by atoms with Gasteiger partial charge in [-0.1, -0.05) is 11.6 Å². The third-order valence-electron chi connectivity index (χ3n) is 2.51. The Balaban J connectivity index is 1.98. The van der Waals surface area contributed by atoms with E-state index in [1.165, 1.54) is 12.8 Å². The number of nitrogens with one attached hydrogen (secondary N) is 1. The number of hydrogen-bond acceptors (Lipinski definition) is 3. The van der Waals surface area contributed by atoms with Crippen molar-refractivity contribution in [2.24, 2.45) is 10.9 Å². The third-order valence-corrected chi connectivity index (χ3v) is 3.55. The van der Waals surface area contributed by atoms with Crippen LogP contribution in [0.4, 0.5) is 5.69 Å². The minimum Gasteiger partial charge on any atom is -0.362 e. The average molecular weight is 213 g/mol. The monoisotopic (exact) mass is 212 g/mol. The Bertz CT molecular complexity index is 367. The molecule has 1 aliphatic carbocycles. The van der Waals surface area contributed by atoms with Gasteiger partial charge in [0.2, 0.25) is 0 Å². The Morgan fingerprint density at radius 1 is 1.46 bits per heavy atom. The molecule has 1 fully saturated rings. The summed E-state index contributed by atoms with van der Waals surface area (Å²) in [6.45, 7) is 0. The summed E-state index contributed by atoms with van der Waals surface area (Å²) < 4.78 is 0. The molecular weight excluding hydrogens is 204 g/mol. The number of nitrogens with zero attached hydrogens (tertiary/aromatic N) is 1. The van der Waals surface area contributed by atoms with Crippen LogP contribution in [0.15, 0.2) is 15.8 Å². The lowest BCUT2D eigenvalue weighted by molar-refractivity contribution is 0.664. The molecule has 0 aromatic carbocycles. The second-order valence-corrected chi connectivity index (χ2v) is 4.65. The van der Waals surface area contributed by atoms with Crippen LogP contribution >= 0.6 is 22.9 Å². The Labute approximate surface area is 85.6 Å². The van der Waals surface area contributed by atoms with Crippen LogP contribution < -0.4 is 5.32 Å². The quantitative estimate of drug-likeness (QED) is 0.761. The fraction of sp³-hybridized carbons (Fsp3) is 0.444. The summed E-state index contributed by atoms with van der Waals surface area (Å²) in [6, 6.07) is 0. The fourth-order valence-electron chi connectivity index (χ4n) is 1.59. The van der Waals surface area contributed by atoms with Gasteiger partial charge in [-0.25, -0.2) is 4.99 Å². The van der Waals surface area contributed by atoms with E-state index in [0.29, 0.717) is 11.1 Å². The van der Waals surface area contributed by atoms with Crippen LogP contribution in [0.1, 0.15) is 18.4 Å². The first-order valence-corrected chi connectivity index (χ1v) is 5.73. The molecule has 2 aliphatic rings. The topological polar surface area (TPSA) is 24.4 Å². The van der Waals surface area contributed by atoms with Crippen molar-refractivity contribution in [1.82, 2.24) is 0 Å². The molecule has 0 radical (unpaired) electrons. The van der Waals surface area contributed by atoms with E-state index in [4.69, 9.17) is 11.6 Å². The zero-order valence-electron chi connectivity index (χ0n) is 6.96. The van der Waals surface area contributed by atoms with Crippen LogP contribution in [0.25, 0.3) is 0 Å². The van der Waals surface area contributed by atoms with E-state index < -0.39 is 0 Å². The summed E-state index contributed by atoms with van der Waals surface area (Å²) in [5.41, 5.74) is 2.21. The normalized spacial score (nSPS) is 26.2. The molecule has 0 saturated heterocycles. The molecule has 1 atom stereocenters. The van der Waals surface area contributed by atoms with Crippen molar-refractivity contribution >= 4 is 33.8 Å². The van der Waals surface area contributed by atoms with Crippen LogP contribution in [0, 0.1) is 5.92 Å². The maximum absolute atomic E-state index is 6.07. The standard InChI is InChI=1S/C9H9ClN2S/c10-8-6-3-13-4-7(6)11-9(12-8)5-1-2-5/h3-5,9,11H,1-2H2. The minimum absolute atomic E-state index is 0.231. The molecule has 0 spiro atoms. The van der Waals surface area contributed by atoms with Gasteiger partial charge in [-0.2, -0.15) is 0 Å². The van der Waals surface area contributed by atoms with Crippen LogP contribution in [0.5, 0.6) is 0 Å². The van der Waals surface area contributed by atoms with Gasteiger partial charge in [0.05, 0.1) is 5.69 Å². The zero-order chi connectivity index (χ0) is 8.84. The van der Waals surface area contributed by atoms with Crippen molar-refractivity contribution in [3.05, 3.63) is 16.3 Å². The SMILES string of the molecule is ClC1=NC(C2CC2)Nc2cscc21. The highest BCUT2D eigenvalue weighted by molar-refractivity contribution is 7.09. The van der Waals surface area contributed by atoms with Crippen molar-refractivity contribution in [2.75, 3.05) is 5.32 Å². The molecule has 2 nitrogen and oxygen atoms in total. The largest absolute Gasteiger partial charge is 0.362 e. The summed E-state index contributed by atoms with van der Waals surface area (Å²) in [5.74, 6) is 0.710. The van der Waals surface area contributed by atoms with Crippen LogP contribution in [-0.4, -0.2) is 11.3 Å². The summed E-state index contributed by atoms with van der Waals surface area (Å²) in [6.07, 6.45) is 2.80. The smallest absolute Gasteiger partial charge is 0.136 e. The minimum atomic E-state index is 0.231. The van der Waals surface area contributed by atoms with E-state index in [1.54, 1.807) is 11.3 Å². The Hall–Kier alpha value is -0.540. The Morgan fingerprint density at radius 2 is 2.31 bits per heavy atom. The number of thiophene rings is 1. The lowest BCUT2D eigenvalue weighted by Crippen LogP contribution is -2.24. The number of hydrogen-bond donors (Lipinski definition) is 1. The van der Waals surface area contributed by atoms with Gasteiger partial charge in [0.1, 0.15) is 11.3 Å². The van der Waals surface area contributed by atoms with Crippen LogP contribution in [-0.2, 0) is 0 Å². The number of halogens is 1. The summed E-state index contributed by atoms with van der Waals surface area (Å²) >= 11 is 7.74. The predicted molar refractivity (Wildman–Crippen MR) is 56.8 cm³/mol. The lowest BCUT2D eigenvalue weighted by Gasteiger charge is -2.20. The van der Waals surface area contributed by atoms with E-state index in [9.17, 15) is 0 Å². The number of fused-ring (bicyclic) bond motifs is 1. The Morgan fingerprint density at radius 3 is 3.08 bits per heavy atom. The van der Waals surface area contributed by atoms with Crippen molar-refractivity contribution in [2.45, 2.75) is 19.0 Å². The van der Waals surface area contributed by atoms with Crippen molar-refractivity contribution in [1.29, 1.82) is 0 Å². The fourth-order valence-corrected chi connectivity index (χ4v) is 2.69. The highest BCUT2D eigenvalue weighted by atomic mass is 35.5. The number of anilines is 1. The third kappa shape index (κ3) is 1.27. The molecule has 68 valence electrons. The number of aliphatic imine (C=N–C) groups is 1. The van der Waals surface area contributed by atoms with Gasteiger partial charge in [-0.05, 0) is 18.8 Å². The molecule has 1 aromatic heterocycles. The van der Waals surface area contributed by atoms with Crippen molar-refractivity contribution < 1.29 is 0 Å². The van der Waals surface area contributed by atoms with Gasteiger partial charge < -0.3 is 5.32 Å². The summed E-state index contributed by atoms with van der Waals surface area (Å²) in [5, 5.41) is 8.22. The predicted octanol–water partition coefficient (Wildman–Crippen LogP) is 2.90. The maximum Gasteiger partial charge on any atom is 0.136 e. The van der Waals surface area contributed by atoms with Crippen molar-refractivity contribution in [3.8, 4) is 0 Å². The zero-order valence-corrected chi connectivity index (χ0v) is 8.53. The molecule has 1 unspecified atom stereocenters.